The van der Waals surface area contributed by atoms with E-state index >= 15 is 0 Å². The molecule has 0 aliphatic carbocycles. The van der Waals surface area contributed by atoms with E-state index in [9.17, 15) is 5.11 Å². The van der Waals surface area contributed by atoms with E-state index < -0.39 is 6.10 Å². The molecule has 0 radical (unpaired) electrons. The Hall–Kier alpha value is -1.04. The van der Waals surface area contributed by atoms with Crippen LogP contribution in [0, 0.1) is 0 Å². The summed E-state index contributed by atoms with van der Waals surface area (Å²) in [5, 5.41) is 10.8. The molecule has 0 bridgehead atoms. The van der Waals surface area contributed by atoms with Crippen LogP contribution in [0.15, 0.2) is 12.1 Å². The monoisotopic (exact) mass is 343 g/mol. The molecule has 1 aromatic carbocycles. The summed E-state index contributed by atoms with van der Waals surface area (Å²) in [7, 11) is 0. The van der Waals surface area contributed by atoms with E-state index in [0.29, 0.717) is 10.9 Å². The number of nitrogens with zero attached hydrogens (tertiary/aromatic N) is 1. The maximum absolute atomic E-state index is 10.2. The Morgan fingerprint density at radius 1 is 1.32 bits per heavy atom. The summed E-state index contributed by atoms with van der Waals surface area (Å²) in [6.07, 6.45) is -0.715. The molecular formula is C16H22ClNO3S. The molecular weight excluding hydrogens is 322 g/mol. The van der Waals surface area contributed by atoms with Crippen molar-refractivity contribution < 1.29 is 14.6 Å². The van der Waals surface area contributed by atoms with Gasteiger partial charge in [0.05, 0.1) is 28.3 Å². The molecule has 1 N–H and O–H groups in total. The Morgan fingerprint density at radius 3 is 2.55 bits per heavy atom. The highest BCUT2D eigenvalue weighted by atomic mass is 35.5. The van der Waals surface area contributed by atoms with Crippen molar-refractivity contribution in [3.8, 4) is 10.9 Å². The molecule has 6 heteroatoms. The number of thiazole rings is 1. The van der Waals surface area contributed by atoms with Crippen LogP contribution < -0.4 is 9.47 Å². The van der Waals surface area contributed by atoms with Gasteiger partial charge in [-0.05, 0) is 40.7 Å². The number of aromatic nitrogens is 1. The second kappa shape index (κ2) is 6.60. The van der Waals surface area contributed by atoms with E-state index in [1.165, 1.54) is 11.3 Å². The number of fused-ring (bicyclic) bond motifs is 1. The van der Waals surface area contributed by atoms with Crippen molar-refractivity contribution in [3.63, 3.8) is 0 Å². The summed E-state index contributed by atoms with van der Waals surface area (Å²) in [6, 6.07) is 3.70. The Morgan fingerprint density at radius 2 is 2.00 bits per heavy atom. The fourth-order valence-electron chi connectivity index (χ4n) is 2.01. The van der Waals surface area contributed by atoms with Crippen LogP contribution in [0.4, 0.5) is 0 Å². The van der Waals surface area contributed by atoms with E-state index in [0.717, 1.165) is 15.8 Å². The molecule has 0 spiro atoms. The number of ether oxygens (including phenoxy) is 2. The van der Waals surface area contributed by atoms with Crippen LogP contribution >= 0.6 is 22.9 Å². The average Bonchev–Trinajstić information content (AvgIpc) is 2.76. The molecule has 0 aliphatic rings. The maximum Gasteiger partial charge on any atom is 0.274 e. The number of alkyl halides is 1. The first-order valence-electron chi connectivity index (χ1n) is 7.24. The summed E-state index contributed by atoms with van der Waals surface area (Å²) >= 11 is 7.24. The molecule has 0 aliphatic heterocycles. The molecule has 0 fully saturated rings. The number of rotatable bonds is 5. The zero-order valence-electron chi connectivity index (χ0n) is 13.5. The van der Waals surface area contributed by atoms with Crippen LogP contribution in [-0.4, -0.2) is 27.7 Å². The molecule has 1 aromatic heterocycles. The highest BCUT2D eigenvalue weighted by molar-refractivity contribution is 7.20. The normalized spacial score (nSPS) is 13.6. The smallest absolute Gasteiger partial charge is 0.274 e. The third kappa shape index (κ3) is 4.24. The van der Waals surface area contributed by atoms with Gasteiger partial charge in [0.2, 0.25) is 0 Å². The summed E-state index contributed by atoms with van der Waals surface area (Å²) in [6.45, 7) is 9.83. The predicted octanol–water partition coefficient (Wildman–Crippen LogP) is 4.53. The van der Waals surface area contributed by atoms with Crippen molar-refractivity contribution in [2.45, 2.75) is 52.4 Å². The molecule has 122 valence electrons. The van der Waals surface area contributed by atoms with Crippen molar-refractivity contribution in [1.29, 1.82) is 0 Å². The van der Waals surface area contributed by atoms with Crippen LogP contribution in [0.2, 0.25) is 0 Å². The SMILES string of the molecule is CC(C)Oc1nc2cc(OC(C)(C)C)cc([C@@H](O)CCl)c2s1. The lowest BCUT2D eigenvalue weighted by molar-refractivity contribution is 0.130. The van der Waals surface area contributed by atoms with Gasteiger partial charge in [-0.1, -0.05) is 11.3 Å². The first-order valence-corrected chi connectivity index (χ1v) is 8.59. The van der Waals surface area contributed by atoms with Gasteiger partial charge < -0.3 is 14.6 Å². The van der Waals surface area contributed by atoms with Gasteiger partial charge in [-0.15, -0.1) is 11.6 Å². The quantitative estimate of drug-likeness (QED) is 0.810. The fourth-order valence-corrected chi connectivity index (χ4v) is 3.25. The first kappa shape index (κ1) is 17.3. The third-order valence-corrected chi connectivity index (χ3v) is 4.04. The van der Waals surface area contributed by atoms with Crippen LogP contribution in [0.25, 0.3) is 10.2 Å². The number of hydrogen-bond donors (Lipinski definition) is 1. The van der Waals surface area contributed by atoms with Crippen LogP contribution in [0.3, 0.4) is 0 Å². The minimum absolute atomic E-state index is 0.0484. The summed E-state index contributed by atoms with van der Waals surface area (Å²) in [5.41, 5.74) is 1.15. The summed E-state index contributed by atoms with van der Waals surface area (Å²) < 4.78 is 12.4. The van der Waals surface area contributed by atoms with Crippen LogP contribution in [0.5, 0.6) is 10.9 Å². The Kier molecular flexibility index (Phi) is 5.20. The van der Waals surface area contributed by atoms with Gasteiger partial charge in [0.1, 0.15) is 11.4 Å². The standard InChI is InChI=1S/C16H22ClNO3S/c1-9(2)20-15-18-12-7-10(21-16(3,4)5)6-11(13(19)8-17)14(12)22-15/h6-7,9,13,19H,8H2,1-5H3/t13-/m0/s1. The Bertz CT molecular complexity index is 649. The van der Waals surface area contributed by atoms with Gasteiger partial charge in [-0.3, -0.25) is 0 Å². The van der Waals surface area contributed by atoms with E-state index in [2.05, 4.69) is 4.98 Å². The van der Waals surface area contributed by atoms with Gasteiger partial charge in [0, 0.05) is 11.6 Å². The Balaban J connectivity index is 2.52. The fraction of sp³-hybridized carbons (Fsp3) is 0.562. The molecule has 2 aromatic rings. The lowest BCUT2D eigenvalue weighted by Crippen LogP contribution is -2.23. The van der Waals surface area contributed by atoms with Gasteiger partial charge in [-0.25, -0.2) is 4.98 Å². The highest BCUT2D eigenvalue weighted by Crippen LogP contribution is 2.38. The second-order valence-corrected chi connectivity index (χ2v) is 7.66. The minimum Gasteiger partial charge on any atom is -0.488 e. The van der Waals surface area contributed by atoms with Gasteiger partial charge in [-0.2, -0.15) is 0 Å². The topological polar surface area (TPSA) is 51.6 Å². The van der Waals surface area contributed by atoms with E-state index in [1.807, 2.05) is 46.8 Å². The molecule has 4 nitrogen and oxygen atoms in total. The van der Waals surface area contributed by atoms with Crippen LogP contribution in [0.1, 0.15) is 46.3 Å². The number of benzene rings is 1. The Labute approximate surface area is 140 Å². The van der Waals surface area contributed by atoms with Crippen molar-refractivity contribution in [3.05, 3.63) is 17.7 Å². The van der Waals surface area contributed by atoms with Crippen molar-refractivity contribution >= 4 is 33.2 Å². The average molecular weight is 344 g/mol. The van der Waals surface area contributed by atoms with Gasteiger partial charge in [0.25, 0.3) is 5.19 Å². The molecule has 0 saturated carbocycles. The minimum atomic E-state index is -0.764. The van der Waals surface area contributed by atoms with Crippen molar-refractivity contribution in [2.75, 3.05) is 5.88 Å². The summed E-state index contributed by atoms with van der Waals surface area (Å²) in [5.74, 6) is 0.785. The number of aliphatic hydroxyl groups excluding tert-OH is 1. The van der Waals surface area contributed by atoms with E-state index in [-0.39, 0.29) is 17.6 Å². The van der Waals surface area contributed by atoms with Crippen molar-refractivity contribution in [1.82, 2.24) is 4.98 Å². The molecule has 0 saturated heterocycles. The zero-order chi connectivity index (χ0) is 16.5. The van der Waals surface area contributed by atoms with Crippen molar-refractivity contribution in [2.24, 2.45) is 0 Å². The first-order chi connectivity index (χ1) is 10.2. The molecule has 2 rings (SSSR count). The summed E-state index contributed by atoms with van der Waals surface area (Å²) in [4.78, 5) is 4.48. The molecule has 0 amide bonds. The predicted molar refractivity (Wildman–Crippen MR) is 91.4 cm³/mol. The maximum atomic E-state index is 10.2. The van der Waals surface area contributed by atoms with E-state index in [4.69, 9.17) is 21.1 Å². The zero-order valence-corrected chi connectivity index (χ0v) is 15.1. The second-order valence-electron chi connectivity index (χ2n) is 6.39. The lowest BCUT2D eigenvalue weighted by atomic mass is 10.1. The molecule has 1 atom stereocenters. The molecule has 0 unspecified atom stereocenters. The number of aliphatic hydroxyl groups is 1. The molecule has 1 heterocycles. The van der Waals surface area contributed by atoms with Crippen LogP contribution in [-0.2, 0) is 0 Å². The largest absolute Gasteiger partial charge is 0.488 e. The highest BCUT2D eigenvalue weighted by Gasteiger charge is 2.20. The van der Waals surface area contributed by atoms with Gasteiger partial charge >= 0.3 is 0 Å². The van der Waals surface area contributed by atoms with E-state index in [1.54, 1.807) is 0 Å². The number of halogens is 1. The number of hydrogen-bond acceptors (Lipinski definition) is 5. The molecule has 22 heavy (non-hydrogen) atoms. The third-order valence-electron chi connectivity index (χ3n) is 2.74. The lowest BCUT2D eigenvalue weighted by Gasteiger charge is -2.22. The van der Waals surface area contributed by atoms with Gasteiger partial charge in [0.15, 0.2) is 0 Å².